The molecule has 0 aliphatic rings. The first-order valence-electron chi connectivity index (χ1n) is 5.96. The number of pyridine rings is 1. The van der Waals surface area contributed by atoms with E-state index in [1.807, 2.05) is 25.1 Å². The van der Waals surface area contributed by atoms with E-state index < -0.39 is 0 Å². The predicted octanol–water partition coefficient (Wildman–Crippen LogP) is 2.85. The molecule has 1 aromatic carbocycles. The maximum absolute atomic E-state index is 9.16. The molecule has 2 N–H and O–H groups in total. The van der Waals surface area contributed by atoms with Crippen LogP contribution in [0.2, 0.25) is 0 Å². The number of benzene rings is 1. The number of anilines is 1. The van der Waals surface area contributed by atoms with Crippen LogP contribution in [0.5, 0.6) is 5.75 Å². The summed E-state index contributed by atoms with van der Waals surface area (Å²) in [4.78, 5) is 8.40. The topological polar surface area (TPSA) is 71.2 Å². The lowest BCUT2D eigenvalue weighted by atomic mass is 10.2. The third kappa shape index (κ3) is 2.49. The van der Waals surface area contributed by atoms with Gasteiger partial charge in [0.25, 0.3) is 0 Å². The molecule has 19 heavy (non-hydrogen) atoms. The van der Waals surface area contributed by atoms with E-state index in [9.17, 15) is 0 Å². The van der Waals surface area contributed by atoms with Gasteiger partial charge in [-0.25, -0.2) is 4.98 Å². The molecule has 5 heteroatoms. The lowest BCUT2D eigenvalue weighted by Gasteiger charge is -2.05. The van der Waals surface area contributed by atoms with Crippen LogP contribution in [0.4, 0.5) is 5.69 Å². The quantitative estimate of drug-likeness (QED) is 0.753. The van der Waals surface area contributed by atoms with Crippen LogP contribution in [0.1, 0.15) is 11.6 Å². The van der Waals surface area contributed by atoms with Gasteiger partial charge < -0.3 is 14.8 Å². The van der Waals surface area contributed by atoms with Crippen molar-refractivity contribution >= 4 is 16.8 Å². The van der Waals surface area contributed by atoms with Gasteiger partial charge in [0.1, 0.15) is 11.3 Å². The number of rotatable bonds is 3. The third-order valence-corrected chi connectivity index (χ3v) is 2.78. The number of aryl methyl sites for hydroxylation is 1. The molecule has 2 aromatic heterocycles. The van der Waals surface area contributed by atoms with Gasteiger partial charge in [-0.3, -0.25) is 4.98 Å². The van der Waals surface area contributed by atoms with Gasteiger partial charge in [-0.05, 0) is 30.3 Å². The van der Waals surface area contributed by atoms with Crippen molar-refractivity contribution in [3.63, 3.8) is 0 Å². The van der Waals surface area contributed by atoms with E-state index in [2.05, 4.69) is 15.3 Å². The Kier molecular flexibility index (Phi) is 2.79. The van der Waals surface area contributed by atoms with Crippen molar-refractivity contribution in [2.24, 2.45) is 0 Å². The molecule has 0 fully saturated rings. The first-order valence-corrected chi connectivity index (χ1v) is 5.96. The fourth-order valence-electron chi connectivity index (χ4n) is 1.87. The Morgan fingerprint density at radius 2 is 2.16 bits per heavy atom. The average Bonchev–Trinajstić information content (AvgIpc) is 2.77. The van der Waals surface area contributed by atoms with E-state index >= 15 is 0 Å². The van der Waals surface area contributed by atoms with Crippen LogP contribution in [0.3, 0.4) is 0 Å². The maximum Gasteiger partial charge on any atom is 0.192 e. The van der Waals surface area contributed by atoms with Crippen LogP contribution < -0.4 is 5.32 Å². The van der Waals surface area contributed by atoms with E-state index in [0.29, 0.717) is 12.4 Å². The van der Waals surface area contributed by atoms with Crippen LogP contribution >= 0.6 is 0 Å². The van der Waals surface area contributed by atoms with E-state index in [4.69, 9.17) is 9.52 Å². The standard InChI is InChI=1S/C14H13N3O2/c1-9-17-13-6-10(3-5-14(13)19-9)15-7-11-2-4-12(18)8-16-11/h2-6,8,15,18H,7H2,1H3. The van der Waals surface area contributed by atoms with Crippen LogP contribution in [-0.2, 0) is 6.54 Å². The minimum absolute atomic E-state index is 0.170. The Morgan fingerprint density at radius 1 is 1.26 bits per heavy atom. The normalized spacial score (nSPS) is 10.8. The molecule has 0 bridgehead atoms. The Balaban J connectivity index is 1.75. The zero-order chi connectivity index (χ0) is 13.2. The molecule has 0 aliphatic carbocycles. The molecule has 0 amide bonds. The van der Waals surface area contributed by atoms with Crippen molar-refractivity contribution in [2.75, 3.05) is 5.32 Å². The minimum atomic E-state index is 0.170. The highest BCUT2D eigenvalue weighted by atomic mass is 16.3. The van der Waals surface area contributed by atoms with Gasteiger partial charge in [0, 0.05) is 12.6 Å². The number of nitrogens with zero attached hydrogens (tertiary/aromatic N) is 2. The smallest absolute Gasteiger partial charge is 0.192 e. The van der Waals surface area contributed by atoms with Gasteiger partial charge in [0.2, 0.25) is 0 Å². The van der Waals surface area contributed by atoms with Gasteiger partial charge in [-0.2, -0.15) is 0 Å². The zero-order valence-corrected chi connectivity index (χ0v) is 10.4. The number of hydrogen-bond acceptors (Lipinski definition) is 5. The highest BCUT2D eigenvalue weighted by Gasteiger charge is 2.03. The summed E-state index contributed by atoms with van der Waals surface area (Å²) < 4.78 is 5.42. The average molecular weight is 255 g/mol. The number of nitrogens with one attached hydrogen (secondary N) is 1. The third-order valence-electron chi connectivity index (χ3n) is 2.78. The fraction of sp³-hybridized carbons (Fsp3) is 0.143. The summed E-state index contributed by atoms with van der Waals surface area (Å²) in [6.07, 6.45) is 1.43. The second-order valence-corrected chi connectivity index (χ2v) is 4.28. The van der Waals surface area contributed by atoms with Crippen molar-refractivity contribution in [1.29, 1.82) is 0 Å². The predicted molar refractivity (Wildman–Crippen MR) is 72.0 cm³/mol. The monoisotopic (exact) mass is 255 g/mol. The highest BCUT2D eigenvalue weighted by Crippen LogP contribution is 2.20. The van der Waals surface area contributed by atoms with E-state index in [1.54, 1.807) is 12.1 Å². The Hall–Kier alpha value is -2.56. The molecule has 0 aliphatic heterocycles. The molecular weight excluding hydrogens is 242 g/mol. The number of oxazole rings is 1. The summed E-state index contributed by atoms with van der Waals surface area (Å²) in [5.41, 5.74) is 3.43. The Morgan fingerprint density at radius 3 is 2.95 bits per heavy atom. The van der Waals surface area contributed by atoms with Crippen molar-refractivity contribution in [3.05, 3.63) is 48.1 Å². The molecule has 96 valence electrons. The summed E-state index contributed by atoms with van der Waals surface area (Å²) in [6.45, 7) is 2.41. The summed E-state index contributed by atoms with van der Waals surface area (Å²) in [6, 6.07) is 9.16. The van der Waals surface area contributed by atoms with E-state index in [-0.39, 0.29) is 5.75 Å². The molecule has 5 nitrogen and oxygen atoms in total. The van der Waals surface area contributed by atoms with Gasteiger partial charge in [0.05, 0.1) is 18.4 Å². The first-order chi connectivity index (χ1) is 9.20. The molecule has 2 heterocycles. The van der Waals surface area contributed by atoms with Crippen molar-refractivity contribution in [1.82, 2.24) is 9.97 Å². The van der Waals surface area contributed by atoms with E-state index in [0.717, 1.165) is 22.5 Å². The van der Waals surface area contributed by atoms with Crippen molar-refractivity contribution in [2.45, 2.75) is 13.5 Å². The summed E-state index contributed by atoms with van der Waals surface area (Å²) >= 11 is 0. The SMILES string of the molecule is Cc1nc2cc(NCc3ccc(O)cn3)ccc2o1. The lowest BCUT2D eigenvalue weighted by molar-refractivity contribution is 0.472. The summed E-state index contributed by atoms with van der Waals surface area (Å²) in [5.74, 6) is 0.829. The molecule has 0 unspecified atom stereocenters. The van der Waals surface area contributed by atoms with Crippen molar-refractivity contribution in [3.8, 4) is 5.75 Å². The van der Waals surface area contributed by atoms with Gasteiger partial charge in [-0.1, -0.05) is 0 Å². The number of aromatic hydroxyl groups is 1. The highest BCUT2D eigenvalue weighted by molar-refractivity contribution is 5.77. The molecule has 0 saturated carbocycles. The Bertz CT molecular complexity index is 704. The number of hydrogen-bond donors (Lipinski definition) is 2. The maximum atomic E-state index is 9.16. The van der Waals surface area contributed by atoms with Crippen LogP contribution in [0.15, 0.2) is 40.9 Å². The van der Waals surface area contributed by atoms with Gasteiger partial charge in [0.15, 0.2) is 11.5 Å². The lowest BCUT2D eigenvalue weighted by Crippen LogP contribution is -2.00. The fourth-order valence-corrected chi connectivity index (χ4v) is 1.87. The Labute approximate surface area is 109 Å². The molecule has 0 saturated heterocycles. The zero-order valence-electron chi connectivity index (χ0n) is 10.4. The second kappa shape index (κ2) is 4.61. The van der Waals surface area contributed by atoms with Crippen LogP contribution in [-0.4, -0.2) is 15.1 Å². The first kappa shape index (κ1) is 11.5. The van der Waals surface area contributed by atoms with Gasteiger partial charge in [-0.15, -0.1) is 0 Å². The molecule has 3 rings (SSSR count). The molecule has 0 atom stereocenters. The number of fused-ring (bicyclic) bond motifs is 1. The summed E-state index contributed by atoms with van der Waals surface area (Å²) in [7, 11) is 0. The molecule has 0 radical (unpaired) electrons. The second-order valence-electron chi connectivity index (χ2n) is 4.28. The van der Waals surface area contributed by atoms with Crippen molar-refractivity contribution < 1.29 is 9.52 Å². The van der Waals surface area contributed by atoms with E-state index in [1.165, 1.54) is 6.20 Å². The molecule has 3 aromatic rings. The summed E-state index contributed by atoms with van der Waals surface area (Å²) in [5, 5.41) is 12.4. The van der Waals surface area contributed by atoms with Gasteiger partial charge >= 0.3 is 0 Å². The molecule has 0 spiro atoms. The van der Waals surface area contributed by atoms with Crippen LogP contribution in [0, 0.1) is 6.92 Å². The van der Waals surface area contributed by atoms with Crippen LogP contribution in [0.25, 0.3) is 11.1 Å². The largest absolute Gasteiger partial charge is 0.506 e. The minimum Gasteiger partial charge on any atom is -0.506 e. The molecular formula is C14H13N3O2. The number of aromatic nitrogens is 2.